The van der Waals surface area contributed by atoms with Crippen molar-refractivity contribution in [1.82, 2.24) is 0 Å². The summed E-state index contributed by atoms with van der Waals surface area (Å²) in [6.07, 6.45) is 18.5. The second-order valence-electron chi connectivity index (χ2n) is 6.04. The molecule has 0 aliphatic rings. The Hall–Kier alpha value is -1.39. The molecule has 0 bridgehead atoms. The largest absolute Gasteiger partial charge is 0.481 e. The van der Waals surface area contributed by atoms with Crippen LogP contribution in [0.2, 0.25) is 0 Å². The highest BCUT2D eigenvalue weighted by Gasteiger charge is 2.13. The summed E-state index contributed by atoms with van der Waals surface area (Å²) in [7, 11) is 0. The number of allylic oxidation sites excluding steroid dienone is 5. The molecule has 4 nitrogen and oxygen atoms in total. The molecule has 2 atom stereocenters. The molecule has 0 heterocycles. The summed E-state index contributed by atoms with van der Waals surface area (Å²) in [4.78, 5) is 10.3. The summed E-state index contributed by atoms with van der Waals surface area (Å²) in [5.74, 6) is -0.742. The van der Waals surface area contributed by atoms with Gasteiger partial charge in [0.2, 0.25) is 0 Å². The first-order valence-electron chi connectivity index (χ1n) is 9.10. The lowest BCUT2D eigenvalue weighted by Gasteiger charge is -2.15. The fraction of sp³-hybridized carbons (Fsp3) is 0.650. The van der Waals surface area contributed by atoms with Crippen LogP contribution in [0.4, 0.5) is 0 Å². The van der Waals surface area contributed by atoms with Crippen LogP contribution in [0, 0.1) is 0 Å². The van der Waals surface area contributed by atoms with Gasteiger partial charge in [-0.25, -0.2) is 0 Å². The molecule has 3 N–H and O–H groups in total. The van der Waals surface area contributed by atoms with E-state index in [9.17, 15) is 15.0 Å². The van der Waals surface area contributed by atoms with Gasteiger partial charge in [-0.1, -0.05) is 62.6 Å². The molecule has 2 unspecified atom stereocenters. The monoisotopic (exact) mass is 338 g/mol. The minimum Gasteiger partial charge on any atom is -0.481 e. The molecule has 0 saturated carbocycles. The molecule has 0 aromatic rings. The Kier molecular flexibility index (Phi) is 15.5. The van der Waals surface area contributed by atoms with E-state index in [0.717, 1.165) is 38.5 Å². The van der Waals surface area contributed by atoms with E-state index in [0.29, 0.717) is 19.3 Å². The second kappa shape index (κ2) is 16.5. The van der Waals surface area contributed by atoms with Crippen molar-refractivity contribution in [3.63, 3.8) is 0 Å². The standard InChI is InChI=1S/C20H34O4/c1-2-3-12-15-18(21)19(22)16-13-10-8-6-4-5-7-9-11-14-17-20(23)24/h4,6-7,9-10,13,18-19,21-22H,2-3,5,8,11-12,14-17H2,1H3,(H,23,24)/b6-4-,9-7-,13-10-. The average Bonchev–Trinajstić information content (AvgIpc) is 2.55. The number of carbonyl (C=O) groups is 1. The maximum atomic E-state index is 10.3. The molecule has 138 valence electrons. The Morgan fingerprint density at radius 2 is 1.50 bits per heavy atom. The second-order valence-corrected chi connectivity index (χ2v) is 6.04. The zero-order valence-corrected chi connectivity index (χ0v) is 14.9. The third-order valence-electron chi connectivity index (χ3n) is 3.73. The van der Waals surface area contributed by atoms with E-state index in [1.807, 2.05) is 24.3 Å². The molecule has 0 fully saturated rings. The zero-order valence-electron chi connectivity index (χ0n) is 14.9. The molecular weight excluding hydrogens is 304 g/mol. The van der Waals surface area contributed by atoms with Gasteiger partial charge < -0.3 is 15.3 Å². The van der Waals surface area contributed by atoms with Crippen molar-refractivity contribution in [1.29, 1.82) is 0 Å². The van der Waals surface area contributed by atoms with E-state index in [1.54, 1.807) is 0 Å². The molecular formula is C20H34O4. The van der Waals surface area contributed by atoms with Crippen molar-refractivity contribution in [2.24, 2.45) is 0 Å². The maximum Gasteiger partial charge on any atom is 0.303 e. The Bertz CT molecular complexity index is 385. The number of aliphatic carboxylic acids is 1. The van der Waals surface area contributed by atoms with E-state index < -0.39 is 18.2 Å². The summed E-state index contributed by atoms with van der Waals surface area (Å²) in [6.45, 7) is 2.12. The van der Waals surface area contributed by atoms with Crippen molar-refractivity contribution in [2.45, 2.75) is 83.3 Å². The molecule has 0 amide bonds. The Morgan fingerprint density at radius 1 is 0.875 bits per heavy atom. The normalized spacial score (nSPS) is 14.8. The molecule has 4 heteroatoms. The van der Waals surface area contributed by atoms with Crippen LogP contribution in [0.5, 0.6) is 0 Å². The van der Waals surface area contributed by atoms with E-state index in [-0.39, 0.29) is 6.42 Å². The lowest BCUT2D eigenvalue weighted by molar-refractivity contribution is -0.137. The van der Waals surface area contributed by atoms with Crippen molar-refractivity contribution in [2.75, 3.05) is 0 Å². The SMILES string of the molecule is CCCCCC(O)C(O)C/C=C\C/C=C\C/C=C\CCCC(=O)O. The van der Waals surface area contributed by atoms with Crippen molar-refractivity contribution < 1.29 is 20.1 Å². The highest BCUT2D eigenvalue weighted by Crippen LogP contribution is 2.10. The fourth-order valence-electron chi connectivity index (χ4n) is 2.22. The highest BCUT2D eigenvalue weighted by molar-refractivity contribution is 5.66. The molecule has 0 radical (unpaired) electrons. The number of aliphatic hydroxyl groups excluding tert-OH is 2. The third-order valence-corrected chi connectivity index (χ3v) is 3.73. The number of carboxylic acid groups (broad SMARTS) is 1. The van der Waals surface area contributed by atoms with Crippen LogP contribution in [0.3, 0.4) is 0 Å². The van der Waals surface area contributed by atoms with Gasteiger partial charge in [-0.15, -0.1) is 0 Å². The lowest BCUT2D eigenvalue weighted by atomic mass is 10.0. The number of carboxylic acids is 1. The van der Waals surface area contributed by atoms with E-state index >= 15 is 0 Å². The smallest absolute Gasteiger partial charge is 0.303 e. The third kappa shape index (κ3) is 15.5. The summed E-state index contributed by atoms with van der Waals surface area (Å²) in [5.41, 5.74) is 0. The van der Waals surface area contributed by atoms with Crippen LogP contribution in [0.25, 0.3) is 0 Å². The van der Waals surface area contributed by atoms with Gasteiger partial charge in [-0.05, 0) is 38.5 Å². The Balaban J connectivity index is 3.62. The van der Waals surface area contributed by atoms with Crippen molar-refractivity contribution in [3.05, 3.63) is 36.5 Å². The minimum absolute atomic E-state index is 0.226. The first-order chi connectivity index (χ1) is 11.6. The van der Waals surface area contributed by atoms with E-state index in [1.165, 1.54) is 0 Å². The fourth-order valence-corrected chi connectivity index (χ4v) is 2.22. The molecule has 0 aliphatic heterocycles. The van der Waals surface area contributed by atoms with Gasteiger partial charge in [-0.2, -0.15) is 0 Å². The van der Waals surface area contributed by atoms with Crippen LogP contribution in [-0.2, 0) is 4.79 Å². The Labute approximate surface area is 146 Å². The van der Waals surface area contributed by atoms with Gasteiger partial charge in [0.15, 0.2) is 0 Å². The predicted octanol–water partition coefficient (Wildman–Crippen LogP) is 4.38. The predicted molar refractivity (Wildman–Crippen MR) is 98.9 cm³/mol. The summed E-state index contributed by atoms with van der Waals surface area (Å²) in [6, 6.07) is 0. The van der Waals surface area contributed by atoms with Gasteiger partial charge >= 0.3 is 5.97 Å². The maximum absolute atomic E-state index is 10.3. The van der Waals surface area contributed by atoms with Crippen LogP contribution in [0.1, 0.15) is 71.1 Å². The first-order valence-corrected chi connectivity index (χ1v) is 9.10. The average molecular weight is 338 g/mol. The molecule has 0 saturated heterocycles. The topological polar surface area (TPSA) is 77.8 Å². The zero-order chi connectivity index (χ0) is 18.0. The molecule has 0 aromatic carbocycles. The van der Waals surface area contributed by atoms with Gasteiger partial charge in [0.05, 0.1) is 12.2 Å². The summed E-state index contributed by atoms with van der Waals surface area (Å²) in [5, 5.41) is 28.1. The molecule has 0 aliphatic carbocycles. The molecule has 24 heavy (non-hydrogen) atoms. The van der Waals surface area contributed by atoms with Gasteiger partial charge in [0.25, 0.3) is 0 Å². The molecule has 0 aromatic heterocycles. The number of unbranched alkanes of at least 4 members (excludes halogenated alkanes) is 3. The highest BCUT2D eigenvalue weighted by atomic mass is 16.4. The summed E-state index contributed by atoms with van der Waals surface area (Å²) >= 11 is 0. The number of hydrogen-bond acceptors (Lipinski definition) is 3. The Morgan fingerprint density at radius 3 is 2.12 bits per heavy atom. The van der Waals surface area contributed by atoms with Crippen LogP contribution in [-0.4, -0.2) is 33.5 Å². The molecule has 0 rings (SSSR count). The van der Waals surface area contributed by atoms with Crippen molar-refractivity contribution in [3.8, 4) is 0 Å². The van der Waals surface area contributed by atoms with E-state index in [4.69, 9.17) is 5.11 Å². The number of aliphatic hydroxyl groups is 2. The van der Waals surface area contributed by atoms with Crippen LogP contribution >= 0.6 is 0 Å². The molecule has 0 spiro atoms. The minimum atomic E-state index is -0.742. The van der Waals surface area contributed by atoms with Gasteiger partial charge in [0, 0.05) is 6.42 Å². The van der Waals surface area contributed by atoms with Crippen molar-refractivity contribution >= 4 is 5.97 Å². The lowest BCUT2D eigenvalue weighted by Crippen LogP contribution is -2.25. The van der Waals surface area contributed by atoms with Crippen LogP contribution in [0.15, 0.2) is 36.5 Å². The first kappa shape index (κ1) is 22.6. The number of rotatable bonds is 15. The summed E-state index contributed by atoms with van der Waals surface area (Å²) < 4.78 is 0. The van der Waals surface area contributed by atoms with E-state index in [2.05, 4.69) is 19.1 Å². The van der Waals surface area contributed by atoms with Crippen LogP contribution < -0.4 is 0 Å². The van der Waals surface area contributed by atoms with Gasteiger partial charge in [0.1, 0.15) is 0 Å². The quantitative estimate of drug-likeness (QED) is 0.306. The van der Waals surface area contributed by atoms with Gasteiger partial charge in [-0.3, -0.25) is 4.79 Å². The number of hydrogen-bond donors (Lipinski definition) is 3.